The number of nitrogens with two attached hydrogens (primary N) is 1. The first-order valence-corrected chi connectivity index (χ1v) is 6.62. The quantitative estimate of drug-likeness (QED) is 0.800. The van der Waals surface area contributed by atoms with E-state index >= 15 is 0 Å². The zero-order chi connectivity index (χ0) is 12.2. The molecule has 2 N–H and O–H groups in total. The molecule has 2 atom stereocenters. The van der Waals surface area contributed by atoms with E-state index in [4.69, 9.17) is 5.73 Å². The van der Waals surface area contributed by atoms with Crippen LogP contribution in [-0.4, -0.2) is 41.9 Å². The highest BCUT2D eigenvalue weighted by Gasteiger charge is 2.31. The van der Waals surface area contributed by atoms with Crippen molar-refractivity contribution in [2.45, 2.75) is 39.8 Å². The fourth-order valence-corrected chi connectivity index (χ4v) is 1.87. The number of amides is 1. The van der Waals surface area contributed by atoms with Crippen molar-refractivity contribution < 1.29 is 4.79 Å². The van der Waals surface area contributed by atoms with E-state index in [1.54, 1.807) is 16.7 Å². The summed E-state index contributed by atoms with van der Waals surface area (Å²) in [6, 6.07) is -0.187. The monoisotopic (exact) mass is 232 g/mol. The molecule has 0 bridgehead atoms. The second kappa shape index (κ2) is 5.75. The molecular weight excluding hydrogens is 208 g/mol. The first kappa shape index (κ1) is 14.8. The molecule has 0 aromatic heterocycles. The molecule has 15 heavy (non-hydrogen) atoms. The molecule has 90 valence electrons. The number of rotatable bonds is 4. The van der Waals surface area contributed by atoms with E-state index in [2.05, 4.69) is 0 Å². The lowest BCUT2D eigenvalue weighted by molar-refractivity contribution is -0.135. The fourth-order valence-electron chi connectivity index (χ4n) is 1.16. The van der Waals surface area contributed by atoms with Gasteiger partial charge < -0.3 is 10.6 Å². The van der Waals surface area contributed by atoms with Gasteiger partial charge in [-0.15, -0.1) is 0 Å². The Morgan fingerprint density at radius 2 is 1.93 bits per heavy atom. The summed E-state index contributed by atoms with van der Waals surface area (Å²) in [6.45, 7) is 8.01. The Labute approximate surface area is 97.8 Å². The van der Waals surface area contributed by atoms with Gasteiger partial charge in [-0.1, -0.05) is 20.8 Å². The lowest BCUT2D eigenvalue weighted by Crippen LogP contribution is -2.51. The van der Waals surface area contributed by atoms with Crippen LogP contribution in [0.15, 0.2) is 0 Å². The van der Waals surface area contributed by atoms with Crippen molar-refractivity contribution in [3.63, 3.8) is 0 Å². The maximum absolute atomic E-state index is 12.0. The van der Waals surface area contributed by atoms with Crippen molar-refractivity contribution in [2.24, 2.45) is 11.1 Å². The van der Waals surface area contributed by atoms with Crippen LogP contribution in [0.4, 0.5) is 0 Å². The van der Waals surface area contributed by atoms with Crippen molar-refractivity contribution in [2.75, 3.05) is 19.1 Å². The summed E-state index contributed by atoms with van der Waals surface area (Å²) in [6.07, 6.45) is 2.04. The number of nitrogens with zero attached hydrogens (tertiary/aromatic N) is 1. The zero-order valence-electron chi connectivity index (χ0n) is 10.7. The van der Waals surface area contributed by atoms with Gasteiger partial charge in [0.15, 0.2) is 0 Å². The number of carbonyl (C=O) groups excluding carboxylic acids is 1. The van der Waals surface area contributed by atoms with E-state index < -0.39 is 6.04 Å². The minimum absolute atomic E-state index is 0.0315. The fraction of sp³-hybridized carbons (Fsp3) is 0.909. The Morgan fingerprint density at radius 1 is 1.47 bits per heavy atom. The molecule has 0 aliphatic rings. The molecule has 1 amide bonds. The summed E-state index contributed by atoms with van der Waals surface area (Å²) < 4.78 is 0. The van der Waals surface area contributed by atoms with E-state index in [0.717, 1.165) is 5.75 Å². The van der Waals surface area contributed by atoms with Crippen LogP contribution in [0.5, 0.6) is 0 Å². The van der Waals surface area contributed by atoms with E-state index in [-0.39, 0.29) is 17.4 Å². The highest BCUT2D eigenvalue weighted by molar-refractivity contribution is 7.98. The average Bonchev–Trinajstić information content (AvgIpc) is 2.13. The third-order valence-corrected chi connectivity index (χ3v) is 3.43. The second-order valence-electron chi connectivity index (χ2n) is 5.10. The molecule has 0 spiro atoms. The number of hydrogen-bond acceptors (Lipinski definition) is 3. The molecule has 4 heteroatoms. The molecule has 0 aliphatic carbocycles. The smallest absolute Gasteiger partial charge is 0.240 e. The first-order chi connectivity index (χ1) is 6.71. The van der Waals surface area contributed by atoms with Crippen LogP contribution >= 0.6 is 11.8 Å². The maximum Gasteiger partial charge on any atom is 0.240 e. The summed E-state index contributed by atoms with van der Waals surface area (Å²) in [5, 5.41) is 0. The van der Waals surface area contributed by atoms with Gasteiger partial charge >= 0.3 is 0 Å². The summed E-state index contributed by atoms with van der Waals surface area (Å²) in [5.74, 6) is 0.975. The Hall–Kier alpha value is -0.220. The predicted octanol–water partition coefficient (Wildman–Crippen LogP) is 1.57. The lowest BCUT2D eigenvalue weighted by Gasteiger charge is -2.32. The lowest BCUT2D eigenvalue weighted by atomic mass is 9.86. The van der Waals surface area contributed by atoms with Gasteiger partial charge in [-0.05, 0) is 18.6 Å². The highest BCUT2D eigenvalue weighted by atomic mass is 32.2. The molecule has 3 nitrogen and oxygen atoms in total. The Kier molecular flexibility index (Phi) is 5.67. The Bertz CT molecular complexity index is 213. The molecule has 0 heterocycles. The van der Waals surface area contributed by atoms with E-state index in [0.29, 0.717) is 0 Å². The largest absolute Gasteiger partial charge is 0.341 e. The molecular formula is C11H24N2OS. The third-order valence-electron chi connectivity index (χ3n) is 2.62. The summed E-state index contributed by atoms with van der Waals surface area (Å²) in [5.41, 5.74) is 5.75. The molecule has 1 unspecified atom stereocenters. The highest BCUT2D eigenvalue weighted by Crippen LogP contribution is 2.19. The molecule has 0 rings (SSSR count). The molecule has 0 saturated carbocycles. The van der Waals surface area contributed by atoms with Crippen LogP contribution in [0.3, 0.4) is 0 Å². The normalized spacial score (nSPS) is 15.9. The van der Waals surface area contributed by atoms with Crippen molar-refractivity contribution in [1.82, 2.24) is 4.90 Å². The van der Waals surface area contributed by atoms with Crippen molar-refractivity contribution in [3.8, 4) is 0 Å². The zero-order valence-corrected chi connectivity index (χ0v) is 11.5. The van der Waals surface area contributed by atoms with Crippen LogP contribution in [0.25, 0.3) is 0 Å². The van der Waals surface area contributed by atoms with Crippen molar-refractivity contribution in [3.05, 3.63) is 0 Å². The van der Waals surface area contributed by atoms with E-state index in [1.165, 1.54) is 0 Å². The van der Waals surface area contributed by atoms with Crippen LogP contribution in [0.1, 0.15) is 27.7 Å². The molecule has 0 saturated heterocycles. The van der Waals surface area contributed by atoms with Crippen LogP contribution in [0.2, 0.25) is 0 Å². The minimum atomic E-state index is -0.424. The van der Waals surface area contributed by atoms with Gasteiger partial charge in [0.05, 0.1) is 6.04 Å². The third kappa shape index (κ3) is 4.43. The summed E-state index contributed by atoms with van der Waals surface area (Å²) in [7, 11) is 1.83. The van der Waals surface area contributed by atoms with Crippen LogP contribution < -0.4 is 5.73 Å². The molecule has 0 aromatic rings. The van der Waals surface area contributed by atoms with Crippen molar-refractivity contribution >= 4 is 17.7 Å². The second-order valence-corrected chi connectivity index (χ2v) is 6.01. The van der Waals surface area contributed by atoms with Gasteiger partial charge in [-0.3, -0.25) is 4.79 Å². The Balaban J connectivity index is 4.44. The van der Waals surface area contributed by atoms with Gasteiger partial charge in [-0.25, -0.2) is 0 Å². The predicted molar refractivity (Wildman–Crippen MR) is 68.0 cm³/mol. The summed E-state index contributed by atoms with van der Waals surface area (Å²) >= 11 is 1.74. The maximum atomic E-state index is 12.0. The number of thioether (sulfide) groups is 1. The molecule has 0 radical (unpaired) electrons. The van der Waals surface area contributed by atoms with E-state index in [9.17, 15) is 4.79 Å². The minimum Gasteiger partial charge on any atom is -0.341 e. The number of likely N-dealkylation sites (N-methyl/N-ethyl adjacent to an activating group) is 1. The van der Waals surface area contributed by atoms with Crippen LogP contribution in [0, 0.1) is 5.41 Å². The molecule has 0 fully saturated rings. The van der Waals surface area contributed by atoms with Crippen LogP contribution in [-0.2, 0) is 4.79 Å². The standard InChI is InChI=1S/C11H24N2OS/c1-8(7-15-6)13(5)10(14)9(12)11(2,3)4/h8-9H,7,12H2,1-6H3/t8?,9-/m1/s1. The molecule has 0 aliphatic heterocycles. The number of carbonyl (C=O) groups is 1. The van der Waals surface area contributed by atoms with Gasteiger partial charge in [-0.2, -0.15) is 11.8 Å². The summed E-state index contributed by atoms with van der Waals surface area (Å²) in [4.78, 5) is 13.8. The van der Waals surface area contributed by atoms with E-state index in [1.807, 2.05) is 41.0 Å². The topological polar surface area (TPSA) is 46.3 Å². The van der Waals surface area contributed by atoms with Gasteiger partial charge in [0.2, 0.25) is 5.91 Å². The van der Waals surface area contributed by atoms with Crippen molar-refractivity contribution in [1.29, 1.82) is 0 Å². The van der Waals surface area contributed by atoms with Gasteiger partial charge in [0, 0.05) is 18.8 Å². The molecule has 0 aromatic carbocycles. The number of hydrogen-bond donors (Lipinski definition) is 1. The average molecular weight is 232 g/mol. The first-order valence-electron chi connectivity index (χ1n) is 5.23. The van der Waals surface area contributed by atoms with Gasteiger partial charge in [0.25, 0.3) is 0 Å². The Morgan fingerprint density at radius 3 is 2.27 bits per heavy atom. The van der Waals surface area contributed by atoms with Gasteiger partial charge in [0.1, 0.15) is 0 Å². The SMILES string of the molecule is CSCC(C)N(C)C(=O)[C@@H](N)C(C)(C)C.